The molecule has 1 aliphatic rings. The minimum absolute atomic E-state index is 0.157. The quantitative estimate of drug-likeness (QED) is 0.866. The van der Waals surface area contributed by atoms with E-state index in [0.29, 0.717) is 0 Å². The number of nitrogens with two attached hydrogens (primary N) is 1. The van der Waals surface area contributed by atoms with Crippen LogP contribution in [0.1, 0.15) is 37.3 Å². The molecule has 0 aromatic heterocycles. The average Bonchev–Trinajstić information content (AvgIpc) is 3.04. The van der Waals surface area contributed by atoms with Crippen molar-refractivity contribution < 1.29 is 4.74 Å². The smallest absolute Gasteiger partial charge is 0.125 e. The molecule has 1 aromatic carbocycles. The standard InChI is InChI=1S/C15H22BrNO/c1-10-7-14(16)9-13(8-11(2)17)15(10)18-6-5-12-3-4-12/h7,9,11-12H,3-6,8,17H2,1-2H3. The van der Waals surface area contributed by atoms with Gasteiger partial charge in [0, 0.05) is 10.5 Å². The second-order valence-electron chi connectivity index (χ2n) is 5.47. The van der Waals surface area contributed by atoms with Gasteiger partial charge in [-0.2, -0.15) is 0 Å². The first-order chi connectivity index (χ1) is 8.56. The van der Waals surface area contributed by atoms with Crippen molar-refractivity contribution in [2.75, 3.05) is 6.61 Å². The van der Waals surface area contributed by atoms with Crippen molar-refractivity contribution in [2.45, 2.75) is 45.6 Å². The zero-order valence-corrected chi connectivity index (χ0v) is 12.8. The lowest BCUT2D eigenvalue weighted by molar-refractivity contribution is 0.297. The predicted octanol–water partition coefficient (Wildman–Crippen LogP) is 3.83. The Balaban J connectivity index is 2.08. The van der Waals surface area contributed by atoms with E-state index in [1.807, 2.05) is 6.92 Å². The van der Waals surface area contributed by atoms with Crippen molar-refractivity contribution in [1.29, 1.82) is 0 Å². The molecule has 1 atom stereocenters. The number of benzene rings is 1. The summed E-state index contributed by atoms with van der Waals surface area (Å²) in [6.45, 7) is 4.96. The summed E-state index contributed by atoms with van der Waals surface area (Å²) in [6.07, 6.45) is 4.82. The molecule has 1 fully saturated rings. The Labute approximate surface area is 118 Å². The van der Waals surface area contributed by atoms with Crippen LogP contribution >= 0.6 is 15.9 Å². The fourth-order valence-electron chi connectivity index (χ4n) is 2.24. The van der Waals surface area contributed by atoms with Gasteiger partial charge in [-0.3, -0.25) is 0 Å². The molecule has 0 heterocycles. The molecule has 1 aromatic rings. The van der Waals surface area contributed by atoms with Crippen LogP contribution in [0.3, 0.4) is 0 Å². The molecule has 0 spiro atoms. The second-order valence-corrected chi connectivity index (χ2v) is 6.39. The first-order valence-electron chi connectivity index (χ1n) is 6.73. The zero-order valence-electron chi connectivity index (χ0n) is 11.2. The van der Waals surface area contributed by atoms with Crippen LogP contribution in [0, 0.1) is 12.8 Å². The molecule has 0 saturated heterocycles. The third-order valence-corrected chi connectivity index (χ3v) is 3.79. The van der Waals surface area contributed by atoms with Crippen LogP contribution in [0.25, 0.3) is 0 Å². The molecule has 2 N–H and O–H groups in total. The molecule has 18 heavy (non-hydrogen) atoms. The van der Waals surface area contributed by atoms with Gasteiger partial charge in [0.05, 0.1) is 6.61 Å². The summed E-state index contributed by atoms with van der Waals surface area (Å²) in [6, 6.07) is 4.39. The molecule has 0 bridgehead atoms. The van der Waals surface area contributed by atoms with E-state index in [1.165, 1.54) is 30.4 Å². The first kappa shape index (κ1) is 13.9. The second kappa shape index (κ2) is 6.07. The van der Waals surface area contributed by atoms with Gasteiger partial charge in [0.2, 0.25) is 0 Å². The van der Waals surface area contributed by atoms with Gasteiger partial charge in [0.1, 0.15) is 5.75 Å². The maximum Gasteiger partial charge on any atom is 0.125 e. The molecule has 0 aliphatic heterocycles. The minimum Gasteiger partial charge on any atom is -0.493 e. The molecule has 2 nitrogen and oxygen atoms in total. The van der Waals surface area contributed by atoms with Gasteiger partial charge in [0.25, 0.3) is 0 Å². The molecule has 0 radical (unpaired) electrons. The fraction of sp³-hybridized carbons (Fsp3) is 0.600. The van der Waals surface area contributed by atoms with Crippen LogP contribution in [0.15, 0.2) is 16.6 Å². The maximum absolute atomic E-state index is 6.00. The molecule has 0 amide bonds. The fourth-order valence-corrected chi connectivity index (χ4v) is 2.86. The Hall–Kier alpha value is -0.540. The van der Waals surface area contributed by atoms with Gasteiger partial charge in [-0.15, -0.1) is 0 Å². The van der Waals surface area contributed by atoms with Crippen LogP contribution in [-0.4, -0.2) is 12.6 Å². The van der Waals surface area contributed by atoms with Crippen molar-refractivity contribution >= 4 is 15.9 Å². The Bertz CT molecular complexity index is 413. The number of rotatable bonds is 6. The third-order valence-electron chi connectivity index (χ3n) is 3.33. The topological polar surface area (TPSA) is 35.2 Å². The number of hydrogen-bond donors (Lipinski definition) is 1. The highest BCUT2D eigenvalue weighted by molar-refractivity contribution is 9.10. The summed E-state index contributed by atoms with van der Waals surface area (Å²) >= 11 is 3.54. The molecule has 1 aliphatic carbocycles. The van der Waals surface area contributed by atoms with Crippen molar-refractivity contribution in [2.24, 2.45) is 11.7 Å². The van der Waals surface area contributed by atoms with E-state index in [2.05, 4.69) is 35.0 Å². The summed E-state index contributed by atoms with van der Waals surface area (Å²) in [5.74, 6) is 1.95. The van der Waals surface area contributed by atoms with Gasteiger partial charge in [-0.1, -0.05) is 28.8 Å². The highest BCUT2D eigenvalue weighted by Gasteiger charge is 2.21. The van der Waals surface area contributed by atoms with Gasteiger partial charge in [-0.05, 0) is 55.9 Å². The highest BCUT2D eigenvalue weighted by atomic mass is 79.9. The van der Waals surface area contributed by atoms with Gasteiger partial charge in [0.15, 0.2) is 0 Å². The summed E-state index contributed by atoms with van der Waals surface area (Å²) < 4.78 is 7.10. The summed E-state index contributed by atoms with van der Waals surface area (Å²) in [5.41, 5.74) is 8.32. The van der Waals surface area contributed by atoms with Crippen LogP contribution in [0.5, 0.6) is 5.75 Å². The monoisotopic (exact) mass is 311 g/mol. The summed E-state index contributed by atoms with van der Waals surface area (Å²) in [4.78, 5) is 0. The molecule has 1 unspecified atom stereocenters. The SMILES string of the molecule is Cc1cc(Br)cc(CC(C)N)c1OCCC1CC1. The lowest BCUT2D eigenvalue weighted by atomic mass is 10.0. The lowest BCUT2D eigenvalue weighted by Gasteiger charge is -2.16. The number of ether oxygens (including phenoxy) is 1. The van der Waals surface area contributed by atoms with Crippen molar-refractivity contribution in [3.05, 3.63) is 27.7 Å². The Morgan fingerprint density at radius 2 is 2.17 bits per heavy atom. The third kappa shape index (κ3) is 3.99. The van der Waals surface area contributed by atoms with Crippen molar-refractivity contribution in [3.63, 3.8) is 0 Å². The van der Waals surface area contributed by atoms with E-state index >= 15 is 0 Å². The van der Waals surface area contributed by atoms with Crippen LogP contribution in [0.4, 0.5) is 0 Å². The molecule has 100 valence electrons. The van der Waals surface area contributed by atoms with Crippen LogP contribution < -0.4 is 10.5 Å². The molecule has 3 heteroatoms. The maximum atomic E-state index is 6.00. The minimum atomic E-state index is 0.157. The number of aryl methyl sites for hydroxylation is 1. The van der Waals surface area contributed by atoms with Crippen LogP contribution in [0.2, 0.25) is 0 Å². The number of hydrogen-bond acceptors (Lipinski definition) is 2. The normalized spacial score (nSPS) is 16.7. The van der Waals surface area contributed by atoms with Gasteiger partial charge >= 0.3 is 0 Å². The summed E-state index contributed by atoms with van der Waals surface area (Å²) in [7, 11) is 0. The first-order valence-corrected chi connectivity index (χ1v) is 7.53. The molecule has 2 rings (SSSR count). The van der Waals surface area contributed by atoms with Crippen LogP contribution in [-0.2, 0) is 6.42 Å². The van der Waals surface area contributed by atoms with E-state index in [0.717, 1.165) is 29.2 Å². The number of halogens is 1. The average molecular weight is 312 g/mol. The van der Waals surface area contributed by atoms with Crippen molar-refractivity contribution in [3.8, 4) is 5.75 Å². The Kier molecular flexibility index (Phi) is 4.68. The van der Waals surface area contributed by atoms with E-state index in [1.54, 1.807) is 0 Å². The lowest BCUT2D eigenvalue weighted by Crippen LogP contribution is -2.18. The van der Waals surface area contributed by atoms with E-state index in [-0.39, 0.29) is 6.04 Å². The largest absolute Gasteiger partial charge is 0.493 e. The van der Waals surface area contributed by atoms with Crippen molar-refractivity contribution in [1.82, 2.24) is 0 Å². The molecular formula is C15H22BrNO. The van der Waals surface area contributed by atoms with E-state index < -0.39 is 0 Å². The molecular weight excluding hydrogens is 290 g/mol. The molecule has 1 saturated carbocycles. The van der Waals surface area contributed by atoms with Gasteiger partial charge in [-0.25, -0.2) is 0 Å². The highest BCUT2D eigenvalue weighted by Crippen LogP contribution is 2.33. The summed E-state index contributed by atoms with van der Waals surface area (Å²) in [5, 5.41) is 0. The Morgan fingerprint density at radius 3 is 2.78 bits per heavy atom. The van der Waals surface area contributed by atoms with E-state index in [4.69, 9.17) is 10.5 Å². The zero-order chi connectivity index (χ0) is 13.1. The van der Waals surface area contributed by atoms with Gasteiger partial charge < -0.3 is 10.5 Å². The van der Waals surface area contributed by atoms with E-state index in [9.17, 15) is 0 Å². The predicted molar refractivity (Wildman–Crippen MR) is 79.1 cm³/mol. The Morgan fingerprint density at radius 1 is 1.44 bits per heavy atom.